The van der Waals surface area contributed by atoms with E-state index in [0.717, 1.165) is 11.0 Å². The highest BCUT2D eigenvalue weighted by atomic mass is 19.4. The molecule has 0 saturated carbocycles. The van der Waals surface area contributed by atoms with Crippen LogP contribution in [0.2, 0.25) is 0 Å². The highest BCUT2D eigenvalue weighted by Crippen LogP contribution is 2.19. The monoisotopic (exact) mass is 179 g/mol. The quantitative estimate of drug-likeness (QED) is 0.592. The molecule has 0 atom stereocenters. The van der Waals surface area contributed by atoms with E-state index in [2.05, 4.69) is 10.1 Å². The van der Waals surface area contributed by atoms with E-state index in [9.17, 15) is 18.0 Å². The third-order valence-corrected chi connectivity index (χ3v) is 1.17. The molecule has 1 aromatic heterocycles. The minimum atomic E-state index is -4.89. The van der Waals surface area contributed by atoms with Gasteiger partial charge in [-0.3, -0.25) is 4.79 Å². The Balaban J connectivity index is 3.01. The molecule has 12 heavy (non-hydrogen) atoms. The minimum Gasteiger partial charge on any atom is -0.280 e. The molecule has 0 amide bonds. The van der Waals surface area contributed by atoms with Gasteiger partial charge in [-0.25, -0.2) is 9.67 Å². The molecule has 66 valence electrons. The van der Waals surface area contributed by atoms with Crippen molar-refractivity contribution in [1.82, 2.24) is 14.8 Å². The number of aromatic nitrogens is 3. The predicted octanol–water partition coefficient (Wildman–Crippen LogP) is 0.560. The first-order valence-corrected chi connectivity index (χ1v) is 2.88. The maximum Gasteiger partial charge on any atom is 0.458 e. The van der Waals surface area contributed by atoms with Crippen LogP contribution in [0.1, 0.15) is 10.6 Å². The van der Waals surface area contributed by atoms with Gasteiger partial charge in [-0.05, 0) is 0 Å². The number of halogens is 3. The topological polar surface area (TPSA) is 47.8 Å². The second kappa shape index (κ2) is 2.58. The molecule has 7 heteroatoms. The normalized spacial score (nSPS) is 11.7. The van der Waals surface area contributed by atoms with Gasteiger partial charge in [0.1, 0.15) is 6.33 Å². The lowest BCUT2D eigenvalue weighted by Gasteiger charge is -2.02. The molecule has 0 aliphatic rings. The van der Waals surface area contributed by atoms with Crippen LogP contribution < -0.4 is 0 Å². The molecule has 4 nitrogen and oxygen atoms in total. The molecule has 0 bridgehead atoms. The largest absolute Gasteiger partial charge is 0.458 e. The lowest BCUT2D eigenvalue weighted by Crippen LogP contribution is -2.26. The Morgan fingerprint density at radius 2 is 2.17 bits per heavy atom. The van der Waals surface area contributed by atoms with Crippen molar-refractivity contribution in [2.75, 3.05) is 0 Å². The van der Waals surface area contributed by atoms with Crippen LogP contribution in [0.15, 0.2) is 6.33 Å². The smallest absolute Gasteiger partial charge is 0.280 e. The van der Waals surface area contributed by atoms with Gasteiger partial charge >= 0.3 is 12.0 Å². The first kappa shape index (κ1) is 8.69. The zero-order chi connectivity index (χ0) is 9.35. The highest BCUT2D eigenvalue weighted by Gasteiger charge is 2.41. The van der Waals surface area contributed by atoms with Gasteiger partial charge in [0.2, 0.25) is 5.82 Å². The van der Waals surface area contributed by atoms with Gasteiger partial charge in [-0.2, -0.15) is 18.3 Å². The average Bonchev–Trinajstić information content (AvgIpc) is 2.31. The summed E-state index contributed by atoms with van der Waals surface area (Å²) < 4.78 is 36.1. The molecule has 1 aromatic rings. The minimum absolute atomic E-state index is 0.706. The predicted molar refractivity (Wildman–Crippen MR) is 31.4 cm³/mol. The fourth-order valence-electron chi connectivity index (χ4n) is 0.629. The second-order valence-electron chi connectivity index (χ2n) is 2.03. The van der Waals surface area contributed by atoms with Crippen LogP contribution in [0.4, 0.5) is 13.2 Å². The Labute approximate surface area is 65.0 Å². The van der Waals surface area contributed by atoms with Crippen molar-refractivity contribution < 1.29 is 18.0 Å². The number of carbonyl (C=O) groups excluding carboxylic acids is 1. The van der Waals surface area contributed by atoms with Crippen LogP contribution in [0, 0.1) is 0 Å². The van der Waals surface area contributed by atoms with E-state index in [4.69, 9.17) is 0 Å². The molecular weight excluding hydrogens is 175 g/mol. The Kier molecular flexibility index (Phi) is 1.87. The number of alkyl halides is 3. The summed E-state index contributed by atoms with van der Waals surface area (Å²) in [5, 5.41) is 3.34. The van der Waals surface area contributed by atoms with Crippen molar-refractivity contribution >= 4 is 5.78 Å². The van der Waals surface area contributed by atoms with Crippen molar-refractivity contribution in [2.24, 2.45) is 7.05 Å². The fourth-order valence-corrected chi connectivity index (χ4v) is 0.629. The lowest BCUT2D eigenvalue weighted by molar-refractivity contribution is -0.0894. The Morgan fingerprint density at radius 3 is 2.50 bits per heavy atom. The average molecular weight is 179 g/mol. The van der Waals surface area contributed by atoms with Crippen molar-refractivity contribution in [3.05, 3.63) is 12.2 Å². The van der Waals surface area contributed by atoms with Gasteiger partial charge < -0.3 is 0 Å². The standard InChI is InChI=1S/C5H4F3N3O/c1-11-4(9-2-10-11)3(12)5(6,7)8/h2H,1H3. The Bertz CT molecular complexity index is 303. The molecule has 0 fully saturated rings. The van der Waals surface area contributed by atoms with E-state index in [1.807, 2.05) is 0 Å². The van der Waals surface area contributed by atoms with Crippen LogP contribution >= 0.6 is 0 Å². The first-order valence-electron chi connectivity index (χ1n) is 2.88. The summed E-state index contributed by atoms with van der Waals surface area (Å²) in [6.07, 6.45) is -4.00. The molecule has 0 saturated heterocycles. The van der Waals surface area contributed by atoms with Crippen molar-refractivity contribution in [1.29, 1.82) is 0 Å². The maximum atomic E-state index is 11.8. The third kappa shape index (κ3) is 1.44. The number of rotatable bonds is 1. The SMILES string of the molecule is Cn1ncnc1C(=O)C(F)(F)F. The van der Waals surface area contributed by atoms with Gasteiger partial charge in [0.25, 0.3) is 0 Å². The number of ketones is 1. The zero-order valence-electron chi connectivity index (χ0n) is 5.96. The number of hydrogen-bond donors (Lipinski definition) is 0. The molecule has 0 spiro atoms. The van der Waals surface area contributed by atoms with E-state index in [-0.39, 0.29) is 0 Å². The molecule has 1 heterocycles. The fraction of sp³-hybridized carbons (Fsp3) is 0.400. The number of carbonyl (C=O) groups is 1. The summed E-state index contributed by atoms with van der Waals surface area (Å²) in [5.74, 6) is -2.69. The molecule has 0 aromatic carbocycles. The number of nitrogens with zero attached hydrogens (tertiary/aromatic N) is 3. The number of aryl methyl sites for hydroxylation is 1. The third-order valence-electron chi connectivity index (χ3n) is 1.17. The molecule has 0 N–H and O–H groups in total. The molecule has 1 rings (SSSR count). The van der Waals surface area contributed by atoms with Gasteiger partial charge in [-0.1, -0.05) is 0 Å². The summed E-state index contributed by atoms with van der Waals surface area (Å²) in [4.78, 5) is 13.7. The molecule has 0 aliphatic heterocycles. The summed E-state index contributed by atoms with van der Waals surface area (Å²) in [6, 6.07) is 0. The van der Waals surface area contributed by atoms with E-state index < -0.39 is 17.8 Å². The Hall–Kier alpha value is -1.40. The number of hydrogen-bond acceptors (Lipinski definition) is 3. The van der Waals surface area contributed by atoms with Crippen molar-refractivity contribution in [3.8, 4) is 0 Å². The van der Waals surface area contributed by atoms with E-state index >= 15 is 0 Å². The summed E-state index contributed by atoms with van der Waals surface area (Å²) in [5.41, 5.74) is 0. The molecule has 0 aliphatic carbocycles. The second-order valence-corrected chi connectivity index (χ2v) is 2.03. The highest BCUT2D eigenvalue weighted by molar-refractivity contribution is 5.97. The van der Waals surface area contributed by atoms with Crippen molar-refractivity contribution in [2.45, 2.75) is 6.18 Å². The van der Waals surface area contributed by atoms with E-state index in [0.29, 0.717) is 0 Å². The number of Topliss-reactive ketones (excluding diaryl/α,β-unsaturated/α-hetero) is 1. The van der Waals surface area contributed by atoms with Crippen LogP contribution in [-0.2, 0) is 7.05 Å². The van der Waals surface area contributed by atoms with E-state index in [1.165, 1.54) is 7.05 Å². The van der Waals surface area contributed by atoms with Crippen molar-refractivity contribution in [3.63, 3.8) is 0 Å². The molecule has 0 unspecified atom stereocenters. The van der Waals surface area contributed by atoms with Gasteiger partial charge in [-0.15, -0.1) is 0 Å². The van der Waals surface area contributed by atoms with Crippen LogP contribution in [0.3, 0.4) is 0 Å². The van der Waals surface area contributed by atoms with E-state index in [1.54, 1.807) is 0 Å². The summed E-state index contributed by atoms with van der Waals surface area (Å²) >= 11 is 0. The Morgan fingerprint density at radius 1 is 1.58 bits per heavy atom. The van der Waals surface area contributed by atoms with Gasteiger partial charge in [0.15, 0.2) is 0 Å². The zero-order valence-corrected chi connectivity index (χ0v) is 5.96. The lowest BCUT2D eigenvalue weighted by atomic mass is 10.4. The molecular formula is C5H4F3N3O. The van der Waals surface area contributed by atoms with Gasteiger partial charge in [0, 0.05) is 7.05 Å². The summed E-state index contributed by atoms with van der Waals surface area (Å²) in [7, 11) is 1.21. The maximum absolute atomic E-state index is 11.8. The van der Waals surface area contributed by atoms with Crippen LogP contribution in [-0.4, -0.2) is 26.7 Å². The molecule has 0 radical (unpaired) electrons. The van der Waals surface area contributed by atoms with Gasteiger partial charge in [0.05, 0.1) is 0 Å². The summed E-state index contributed by atoms with van der Waals surface area (Å²) in [6.45, 7) is 0. The van der Waals surface area contributed by atoms with Crippen LogP contribution in [0.5, 0.6) is 0 Å². The first-order chi connectivity index (χ1) is 5.43. The van der Waals surface area contributed by atoms with Crippen LogP contribution in [0.25, 0.3) is 0 Å².